The highest BCUT2D eigenvalue weighted by Crippen LogP contribution is 2.49. The predicted octanol–water partition coefficient (Wildman–Crippen LogP) is 3.31. The van der Waals surface area contributed by atoms with Crippen molar-refractivity contribution < 1.29 is 9.50 Å². The van der Waals surface area contributed by atoms with Gasteiger partial charge in [-0.15, -0.1) is 0 Å². The number of hydrogen-bond acceptors (Lipinski definition) is 1. The second-order valence-electron chi connectivity index (χ2n) is 5.89. The Balaban J connectivity index is 2.24. The molecule has 1 unspecified atom stereocenters. The molecule has 1 aromatic heterocycles. The first-order chi connectivity index (χ1) is 8.91. The minimum atomic E-state index is -0.419. The van der Waals surface area contributed by atoms with Crippen LogP contribution in [0.2, 0.25) is 0 Å². The van der Waals surface area contributed by atoms with Crippen molar-refractivity contribution in [1.29, 1.82) is 0 Å². The average Bonchev–Trinajstić information content (AvgIpc) is 2.79. The van der Waals surface area contributed by atoms with Crippen LogP contribution in [0.5, 0.6) is 0 Å². The van der Waals surface area contributed by atoms with Gasteiger partial charge in [0.1, 0.15) is 5.82 Å². The molecule has 2 aromatic rings. The number of fused-ring (bicyclic) bond motifs is 3. The van der Waals surface area contributed by atoms with Crippen molar-refractivity contribution in [1.82, 2.24) is 4.57 Å². The first-order valence-corrected chi connectivity index (χ1v) is 6.59. The number of aromatic nitrogens is 1. The molecular weight excluding hydrogens is 241 g/mol. The minimum Gasteiger partial charge on any atom is -0.392 e. The molecule has 1 heterocycles. The van der Waals surface area contributed by atoms with Crippen molar-refractivity contribution >= 4 is 0 Å². The third kappa shape index (κ3) is 1.72. The number of aliphatic hydroxyl groups is 1. The van der Waals surface area contributed by atoms with Crippen LogP contribution in [0.3, 0.4) is 0 Å². The van der Waals surface area contributed by atoms with E-state index in [1.807, 2.05) is 16.8 Å². The highest BCUT2D eigenvalue weighted by Gasteiger charge is 2.37. The summed E-state index contributed by atoms with van der Waals surface area (Å²) in [5, 5.41) is 9.59. The number of aliphatic hydroxyl groups excluding tert-OH is 1. The smallest absolute Gasteiger partial charge is 0.123 e. The van der Waals surface area contributed by atoms with Crippen molar-refractivity contribution in [3.05, 3.63) is 47.4 Å². The Bertz CT molecular complexity index is 640. The van der Waals surface area contributed by atoms with Crippen molar-refractivity contribution in [2.75, 3.05) is 0 Å². The minimum absolute atomic E-state index is 0.109. The molecule has 1 aliphatic rings. The van der Waals surface area contributed by atoms with Crippen LogP contribution in [0, 0.1) is 5.82 Å². The largest absolute Gasteiger partial charge is 0.392 e. The number of nitrogens with zero attached hydrogens (tertiary/aromatic N) is 1. The number of rotatable bonds is 2. The van der Waals surface area contributed by atoms with Gasteiger partial charge >= 0.3 is 0 Å². The van der Waals surface area contributed by atoms with Crippen molar-refractivity contribution in [2.24, 2.45) is 0 Å². The second-order valence-corrected chi connectivity index (χ2v) is 5.89. The van der Waals surface area contributed by atoms with Crippen molar-refractivity contribution in [2.45, 2.75) is 38.8 Å². The Morgan fingerprint density at radius 2 is 2.00 bits per heavy atom. The summed E-state index contributed by atoms with van der Waals surface area (Å²) in [7, 11) is 0. The van der Waals surface area contributed by atoms with Gasteiger partial charge in [-0.05, 0) is 36.2 Å². The van der Waals surface area contributed by atoms with Crippen LogP contribution >= 0.6 is 0 Å². The van der Waals surface area contributed by atoms with Gasteiger partial charge in [-0.1, -0.05) is 19.9 Å². The van der Waals surface area contributed by atoms with E-state index in [2.05, 4.69) is 19.9 Å². The zero-order valence-corrected chi connectivity index (χ0v) is 11.4. The third-order valence-corrected chi connectivity index (χ3v) is 4.01. The zero-order chi connectivity index (χ0) is 13.8. The molecule has 19 heavy (non-hydrogen) atoms. The van der Waals surface area contributed by atoms with Gasteiger partial charge < -0.3 is 9.67 Å². The van der Waals surface area contributed by atoms with Gasteiger partial charge in [-0.3, -0.25) is 0 Å². The molecule has 100 valence electrons. The Hall–Kier alpha value is -1.61. The Morgan fingerprint density at radius 3 is 2.68 bits per heavy atom. The number of benzene rings is 1. The van der Waals surface area contributed by atoms with Gasteiger partial charge in [0, 0.05) is 23.7 Å². The maximum absolute atomic E-state index is 13.5. The molecule has 0 aliphatic heterocycles. The van der Waals surface area contributed by atoms with E-state index in [1.165, 1.54) is 11.6 Å². The Morgan fingerprint density at radius 1 is 1.26 bits per heavy atom. The fourth-order valence-corrected chi connectivity index (χ4v) is 3.12. The first-order valence-electron chi connectivity index (χ1n) is 6.59. The van der Waals surface area contributed by atoms with E-state index in [4.69, 9.17) is 0 Å². The summed E-state index contributed by atoms with van der Waals surface area (Å²) in [6.45, 7) is 6.60. The lowest BCUT2D eigenvalue weighted by Crippen LogP contribution is -2.14. The molecule has 0 radical (unpaired) electrons. The second kappa shape index (κ2) is 3.94. The molecule has 0 fully saturated rings. The standard InChI is InChI=1S/C16H18FNO/c1-10(19)9-18-7-6-14-15(18)12-8-11(17)4-5-13(12)16(14,2)3/h4-8,10,19H,9H2,1-3H3. The van der Waals surface area contributed by atoms with Crippen LogP contribution in [0.1, 0.15) is 31.9 Å². The highest BCUT2D eigenvalue weighted by molar-refractivity contribution is 5.78. The Kier molecular flexibility index (Phi) is 2.58. The van der Waals surface area contributed by atoms with Gasteiger partial charge in [-0.2, -0.15) is 0 Å². The fraction of sp³-hybridized carbons (Fsp3) is 0.375. The summed E-state index contributed by atoms with van der Waals surface area (Å²) < 4.78 is 15.6. The predicted molar refractivity (Wildman–Crippen MR) is 73.6 cm³/mol. The van der Waals surface area contributed by atoms with E-state index in [9.17, 15) is 9.50 Å². The maximum atomic E-state index is 13.5. The van der Waals surface area contributed by atoms with Crippen molar-refractivity contribution in [3.8, 4) is 11.3 Å². The summed E-state index contributed by atoms with van der Waals surface area (Å²) >= 11 is 0. The van der Waals surface area contributed by atoms with E-state index in [-0.39, 0.29) is 11.2 Å². The third-order valence-electron chi connectivity index (χ3n) is 4.01. The fourth-order valence-electron chi connectivity index (χ4n) is 3.12. The molecule has 0 saturated carbocycles. The average molecular weight is 259 g/mol. The van der Waals surface area contributed by atoms with Crippen molar-refractivity contribution in [3.63, 3.8) is 0 Å². The molecule has 0 saturated heterocycles. The topological polar surface area (TPSA) is 25.2 Å². The summed E-state index contributed by atoms with van der Waals surface area (Å²) in [6, 6.07) is 7.07. The maximum Gasteiger partial charge on any atom is 0.123 e. The van der Waals surface area contributed by atoms with Crippen LogP contribution in [0.4, 0.5) is 4.39 Å². The van der Waals surface area contributed by atoms with Crippen LogP contribution < -0.4 is 0 Å². The zero-order valence-electron chi connectivity index (χ0n) is 11.4. The lowest BCUT2D eigenvalue weighted by molar-refractivity contribution is 0.174. The van der Waals surface area contributed by atoms with Crippen LogP contribution in [0.15, 0.2) is 30.5 Å². The van der Waals surface area contributed by atoms with E-state index >= 15 is 0 Å². The van der Waals surface area contributed by atoms with Crippen LogP contribution in [-0.2, 0) is 12.0 Å². The molecule has 1 aliphatic carbocycles. The molecule has 0 spiro atoms. The summed E-state index contributed by atoms with van der Waals surface area (Å²) in [5.74, 6) is -0.216. The summed E-state index contributed by atoms with van der Waals surface area (Å²) in [4.78, 5) is 0. The van der Waals surface area contributed by atoms with E-state index in [0.717, 1.165) is 16.8 Å². The molecule has 1 N–H and O–H groups in total. The lowest BCUT2D eigenvalue weighted by Gasteiger charge is -2.19. The van der Waals surface area contributed by atoms with E-state index < -0.39 is 6.10 Å². The molecule has 1 atom stereocenters. The molecular formula is C16H18FNO. The molecule has 0 bridgehead atoms. The normalized spacial score (nSPS) is 17.1. The van der Waals surface area contributed by atoms with Gasteiger partial charge in [-0.25, -0.2) is 4.39 Å². The molecule has 1 aromatic carbocycles. The molecule has 3 rings (SSSR count). The van der Waals surface area contributed by atoms with Gasteiger partial charge in [0.25, 0.3) is 0 Å². The molecule has 2 nitrogen and oxygen atoms in total. The van der Waals surface area contributed by atoms with Gasteiger partial charge in [0.15, 0.2) is 0 Å². The van der Waals surface area contributed by atoms with Gasteiger partial charge in [0.05, 0.1) is 11.8 Å². The van der Waals surface area contributed by atoms with Crippen LogP contribution in [0.25, 0.3) is 11.3 Å². The van der Waals surface area contributed by atoms with E-state index in [1.54, 1.807) is 13.0 Å². The monoisotopic (exact) mass is 259 g/mol. The highest BCUT2D eigenvalue weighted by atomic mass is 19.1. The Labute approximate surface area is 112 Å². The van der Waals surface area contributed by atoms with Gasteiger partial charge in [0.2, 0.25) is 0 Å². The lowest BCUT2D eigenvalue weighted by atomic mass is 9.83. The van der Waals surface area contributed by atoms with E-state index in [0.29, 0.717) is 6.54 Å². The summed E-state index contributed by atoms with van der Waals surface area (Å²) in [6.07, 6.45) is 1.56. The SMILES string of the molecule is CC(O)Cn1ccc2c1-c1cc(F)ccc1C2(C)C. The first kappa shape index (κ1) is 12.4. The molecule has 0 amide bonds. The number of hydrogen-bond donors (Lipinski definition) is 1. The van der Waals surface area contributed by atoms with Crippen LogP contribution in [-0.4, -0.2) is 15.8 Å². The summed E-state index contributed by atoms with van der Waals surface area (Å²) in [5.41, 5.74) is 4.24. The molecule has 3 heteroatoms. The quantitative estimate of drug-likeness (QED) is 0.879. The number of halogens is 1.